The summed E-state index contributed by atoms with van der Waals surface area (Å²) in [4.78, 5) is 35.6. The van der Waals surface area contributed by atoms with Gasteiger partial charge in [0, 0.05) is 31.7 Å². The van der Waals surface area contributed by atoms with Crippen LogP contribution < -0.4 is 16.6 Å². The van der Waals surface area contributed by atoms with Crippen molar-refractivity contribution in [2.24, 2.45) is 14.1 Å². The SMILES string of the molecule is Cn1c(NC(=O)Cn2cc3ccccc3n2)cc(=O)n(C)c1=O. The number of carbonyl (C=O) groups is 1. The summed E-state index contributed by atoms with van der Waals surface area (Å²) in [6, 6.07) is 8.73. The molecule has 0 saturated heterocycles. The van der Waals surface area contributed by atoms with E-state index in [2.05, 4.69) is 10.4 Å². The van der Waals surface area contributed by atoms with Crippen molar-refractivity contribution >= 4 is 22.6 Å². The number of amides is 1. The third-order valence-corrected chi connectivity index (χ3v) is 3.56. The lowest BCUT2D eigenvalue weighted by Crippen LogP contribution is -2.38. The Morgan fingerprint density at radius 3 is 2.65 bits per heavy atom. The number of hydrogen-bond donors (Lipinski definition) is 1. The van der Waals surface area contributed by atoms with Gasteiger partial charge in [-0.3, -0.25) is 23.4 Å². The Balaban J connectivity index is 1.82. The normalized spacial score (nSPS) is 10.9. The van der Waals surface area contributed by atoms with Crippen LogP contribution in [0.15, 0.2) is 46.1 Å². The average molecular weight is 313 g/mol. The molecule has 0 bridgehead atoms. The number of fused-ring (bicyclic) bond motifs is 1. The van der Waals surface area contributed by atoms with E-state index in [1.807, 2.05) is 24.3 Å². The molecule has 8 nitrogen and oxygen atoms in total. The van der Waals surface area contributed by atoms with Crippen molar-refractivity contribution in [2.75, 3.05) is 5.32 Å². The second-order valence-electron chi connectivity index (χ2n) is 5.20. The van der Waals surface area contributed by atoms with E-state index in [9.17, 15) is 14.4 Å². The molecule has 0 aliphatic heterocycles. The van der Waals surface area contributed by atoms with E-state index < -0.39 is 11.2 Å². The van der Waals surface area contributed by atoms with Crippen molar-refractivity contribution in [1.82, 2.24) is 18.9 Å². The maximum Gasteiger partial charge on any atom is 0.332 e. The molecule has 0 unspecified atom stereocenters. The van der Waals surface area contributed by atoms with Gasteiger partial charge in [0.25, 0.3) is 5.56 Å². The summed E-state index contributed by atoms with van der Waals surface area (Å²) in [7, 11) is 2.87. The molecule has 23 heavy (non-hydrogen) atoms. The van der Waals surface area contributed by atoms with Gasteiger partial charge in [0.1, 0.15) is 12.4 Å². The lowest BCUT2D eigenvalue weighted by atomic mass is 10.3. The molecule has 3 aromatic rings. The number of anilines is 1. The molecule has 8 heteroatoms. The van der Waals surface area contributed by atoms with Crippen molar-refractivity contribution in [3.05, 3.63) is 57.4 Å². The highest BCUT2D eigenvalue weighted by Gasteiger charge is 2.10. The minimum absolute atomic E-state index is 0.0158. The van der Waals surface area contributed by atoms with E-state index in [1.165, 1.54) is 29.4 Å². The zero-order valence-electron chi connectivity index (χ0n) is 12.7. The maximum absolute atomic E-state index is 12.1. The summed E-state index contributed by atoms with van der Waals surface area (Å²) in [6.45, 7) is -0.0158. The number of rotatable bonds is 3. The van der Waals surface area contributed by atoms with Crippen LogP contribution in [0.1, 0.15) is 0 Å². The Labute approximate surface area is 130 Å². The first-order valence-electron chi connectivity index (χ1n) is 6.95. The van der Waals surface area contributed by atoms with Crippen LogP contribution in [-0.2, 0) is 25.4 Å². The fourth-order valence-corrected chi connectivity index (χ4v) is 2.28. The van der Waals surface area contributed by atoms with Crippen molar-refractivity contribution < 1.29 is 4.79 Å². The highest BCUT2D eigenvalue weighted by Crippen LogP contribution is 2.10. The Hall–Kier alpha value is -3.16. The molecule has 1 amide bonds. The van der Waals surface area contributed by atoms with Crippen molar-refractivity contribution in [2.45, 2.75) is 6.54 Å². The molecule has 2 aromatic heterocycles. The van der Waals surface area contributed by atoms with Crippen LogP contribution in [0.3, 0.4) is 0 Å². The van der Waals surface area contributed by atoms with Gasteiger partial charge in [-0.2, -0.15) is 5.10 Å². The van der Waals surface area contributed by atoms with Gasteiger partial charge in [0.2, 0.25) is 5.91 Å². The predicted molar refractivity (Wildman–Crippen MR) is 85.3 cm³/mol. The zero-order chi connectivity index (χ0) is 16.6. The van der Waals surface area contributed by atoms with Crippen molar-refractivity contribution in [3.63, 3.8) is 0 Å². The van der Waals surface area contributed by atoms with E-state index >= 15 is 0 Å². The van der Waals surface area contributed by atoms with E-state index in [4.69, 9.17) is 0 Å². The molecule has 118 valence electrons. The van der Waals surface area contributed by atoms with Crippen LogP contribution in [-0.4, -0.2) is 24.8 Å². The third kappa shape index (κ3) is 2.78. The lowest BCUT2D eigenvalue weighted by Gasteiger charge is -2.10. The molecule has 0 radical (unpaired) electrons. The standard InChI is InChI=1S/C15H15N5O3/c1-18-12(7-14(22)19(2)15(18)23)16-13(21)9-20-8-10-5-3-4-6-11(10)17-20/h3-8H,9H2,1-2H3,(H,16,21). The number of aromatic nitrogens is 4. The summed E-state index contributed by atoms with van der Waals surface area (Å²) < 4.78 is 3.69. The summed E-state index contributed by atoms with van der Waals surface area (Å²) in [5.41, 5.74) is -0.188. The second kappa shape index (κ2) is 5.56. The topological polar surface area (TPSA) is 90.9 Å². The molecular weight excluding hydrogens is 298 g/mol. The van der Waals surface area contributed by atoms with Gasteiger partial charge >= 0.3 is 5.69 Å². The van der Waals surface area contributed by atoms with E-state index in [1.54, 1.807) is 6.20 Å². The third-order valence-electron chi connectivity index (χ3n) is 3.56. The van der Waals surface area contributed by atoms with E-state index in [-0.39, 0.29) is 18.3 Å². The summed E-state index contributed by atoms with van der Waals surface area (Å²) in [5.74, 6) is -0.221. The fourth-order valence-electron chi connectivity index (χ4n) is 2.28. The lowest BCUT2D eigenvalue weighted by molar-refractivity contribution is -0.116. The summed E-state index contributed by atoms with van der Waals surface area (Å²) in [5, 5.41) is 7.78. The van der Waals surface area contributed by atoms with Gasteiger partial charge in [-0.1, -0.05) is 18.2 Å². The van der Waals surface area contributed by atoms with Gasteiger partial charge in [0.05, 0.1) is 5.52 Å². The number of benzene rings is 1. The molecule has 0 aliphatic carbocycles. The number of nitrogens with one attached hydrogen (secondary N) is 1. The first-order chi connectivity index (χ1) is 11.0. The molecule has 0 aliphatic rings. The molecule has 2 heterocycles. The van der Waals surface area contributed by atoms with Gasteiger partial charge in [0.15, 0.2) is 0 Å². The molecule has 0 saturated carbocycles. The molecule has 0 fully saturated rings. The molecule has 0 spiro atoms. The van der Waals surface area contributed by atoms with Gasteiger partial charge in [-0.15, -0.1) is 0 Å². The monoisotopic (exact) mass is 313 g/mol. The quantitative estimate of drug-likeness (QED) is 0.741. The second-order valence-corrected chi connectivity index (χ2v) is 5.20. The molecule has 1 N–H and O–H groups in total. The van der Waals surface area contributed by atoms with E-state index in [0.29, 0.717) is 0 Å². The van der Waals surface area contributed by atoms with Crippen LogP contribution in [0.2, 0.25) is 0 Å². The maximum atomic E-state index is 12.1. The molecule has 3 rings (SSSR count). The first-order valence-corrected chi connectivity index (χ1v) is 6.95. The zero-order valence-corrected chi connectivity index (χ0v) is 12.7. The Morgan fingerprint density at radius 1 is 1.17 bits per heavy atom. The predicted octanol–water partition coefficient (Wildman–Crippen LogP) is 0.0724. The number of nitrogens with zero attached hydrogens (tertiary/aromatic N) is 4. The molecule has 1 aromatic carbocycles. The minimum Gasteiger partial charge on any atom is -0.310 e. The molecule has 0 atom stereocenters. The highest BCUT2D eigenvalue weighted by atomic mass is 16.2. The van der Waals surface area contributed by atoms with Gasteiger partial charge in [-0.05, 0) is 6.07 Å². The Kier molecular flexibility index (Phi) is 3.57. The minimum atomic E-state index is -0.502. The molecular formula is C15H15N5O3. The van der Waals surface area contributed by atoms with Crippen molar-refractivity contribution in [1.29, 1.82) is 0 Å². The van der Waals surface area contributed by atoms with Crippen LogP contribution in [0, 0.1) is 0 Å². The smallest absolute Gasteiger partial charge is 0.310 e. The van der Waals surface area contributed by atoms with Crippen molar-refractivity contribution in [3.8, 4) is 0 Å². The van der Waals surface area contributed by atoms with Crippen LogP contribution in [0.25, 0.3) is 10.9 Å². The average Bonchev–Trinajstić information content (AvgIpc) is 2.92. The Bertz CT molecular complexity index is 979. The Morgan fingerprint density at radius 2 is 1.91 bits per heavy atom. The van der Waals surface area contributed by atoms with E-state index in [0.717, 1.165) is 15.5 Å². The van der Waals surface area contributed by atoms with Crippen LogP contribution >= 0.6 is 0 Å². The fraction of sp³-hybridized carbons (Fsp3) is 0.200. The first kappa shape index (κ1) is 14.8. The van der Waals surface area contributed by atoms with Gasteiger partial charge < -0.3 is 5.32 Å². The van der Waals surface area contributed by atoms with Crippen LogP contribution in [0.5, 0.6) is 0 Å². The number of hydrogen-bond acceptors (Lipinski definition) is 4. The van der Waals surface area contributed by atoms with Gasteiger partial charge in [-0.25, -0.2) is 4.79 Å². The summed E-state index contributed by atoms with van der Waals surface area (Å²) in [6.07, 6.45) is 1.76. The summed E-state index contributed by atoms with van der Waals surface area (Å²) >= 11 is 0. The largest absolute Gasteiger partial charge is 0.332 e. The van der Waals surface area contributed by atoms with Crippen LogP contribution in [0.4, 0.5) is 5.82 Å². The number of carbonyl (C=O) groups excluding carboxylic acids is 1. The highest BCUT2D eigenvalue weighted by molar-refractivity contribution is 5.90.